The van der Waals surface area contributed by atoms with E-state index in [4.69, 9.17) is 0 Å². The van der Waals surface area contributed by atoms with E-state index in [1.165, 1.54) is 24.3 Å². The van der Waals surface area contributed by atoms with Crippen molar-refractivity contribution in [1.82, 2.24) is 5.32 Å². The lowest BCUT2D eigenvalue weighted by atomic mass is 10.1. The summed E-state index contributed by atoms with van der Waals surface area (Å²) in [5, 5.41) is 2.66. The van der Waals surface area contributed by atoms with E-state index < -0.39 is 12.5 Å². The fourth-order valence-electron chi connectivity index (χ4n) is 1.82. The van der Waals surface area contributed by atoms with Crippen LogP contribution < -0.4 is 5.32 Å². The predicted octanol–water partition coefficient (Wildman–Crippen LogP) is 4.47. The van der Waals surface area contributed by atoms with Crippen molar-refractivity contribution in [3.8, 4) is 0 Å². The van der Waals surface area contributed by atoms with Crippen LogP contribution in [0, 0.1) is 5.82 Å². The van der Waals surface area contributed by atoms with Crippen molar-refractivity contribution in [2.75, 3.05) is 6.54 Å². The average Bonchev–Trinajstić information content (AvgIpc) is 2.43. The second-order valence-electron chi connectivity index (χ2n) is 4.41. The third-order valence-electron chi connectivity index (χ3n) is 2.87. The van der Waals surface area contributed by atoms with Crippen molar-refractivity contribution < 1.29 is 13.2 Å². The van der Waals surface area contributed by atoms with Gasteiger partial charge in [-0.1, -0.05) is 46.3 Å². The highest BCUT2D eigenvalue weighted by Gasteiger charge is 2.30. The molecule has 1 N–H and O–H groups in total. The van der Waals surface area contributed by atoms with E-state index in [0.717, 1.165) is 0 Å². The van der Waals surface area contributed by atoms with Crippen LogP contribution in [0.2, 0.25) is 0 Å². The number of benzene rings is 2. The Morgan fingerprint density at radius 2 is 1.75 bits per heavy atom. The summed E-state index contributed by atoms with van der Waals surface area (Å²) in [4.78, 5) is 0. The molecule has 0 heterocycles. The van der Waals surface area contributed by atoms with E-state index >= 15 is 0 Å². The minimum Gasteiger partial charge on any atom is -0.307 e. The Morgan fingerprint density at radius 3 is 2.45 bits per heavy atom. The zero-order valence-electron chi connectivity index (χ0n) is 10.5. The summed E-state index contributed by atoms with van der Waals surface area (Å²) in [7, 11) is 0. The number of nitrogens with one attached hydrogen (secondary N) is 1. The van der Waals surface area contributed by atoms with E-state index in [-0.39, 0.29) is 17.9 Å². The van der Waals surface area contributed by atoms with Crippen LogP contribution in [0.5, 0.6) is 0 Å². The molecule has 0 saturated carbocycles. The molecule has 0 aliphatic rings. The fourth-order valence-corrected chi connectivity index (χ4v) is 2.20. The first-order valence-corrected chi connectivity index (χ1v) is 6.86. The maximum absolute atomic E-state index is 13.9. The number of halogens is 4. The molecule has 2 aromatic rings. The molecule has 0 aliphatic heterocycles. The second-order valence-corrected chi connectivity index (χ2v) is 5.26. The van der Waals surface area contributed by atoms with Crippen LogP contribution in [0.4, 0.5) is 13.2 Å². The summed E-state index contributed by atoms with van der Waals surface area (Å²) < 4.78 is 41.5. The average molecular weight is 344 g/mol. The van der Waals surface area contributed by atoms with Gasteiger partial charge >= 0.3 is 0 Å². The summed E-state index contributed by atoms with van der Waals surface area (Å²) in [6.07, 6.45) is 0. The predicted molar refractivity (Wildman–Crippen MR) is 76.1 cm³/mol. The summed E-state index contributed by atoms with van der Waals surface area (Å²) in [6.45, 7) is -0.333. The molecule has 0 fully saturated rings. The van der Waals surface area contributed by atoms with E-state index in [0.29, 0.717) is 10.0 Å². The van der Waals surface area contributed by atoms with E-state index in [2.05, 4.69) is 21.2 Å². The lowest BCUT2D eigenvalue weighted by molar-refractivity contribution is -0.00344. The largest absolute Gasteiger partial charge is 0.307 e. The van der Waals surface area contributed by atoms with Crippen LogP contribution in [-0.2, 0) is 12.5 Å². The normalized spacial score (nSPS) is 11.6. The minimum absolute atomic E-state index is 0.0363. The maximum Gasteiger partial charge on any atom is 0.285 e. The molecule has 0 radical (unpaired) electrons. The number of hydrogen-bond donors (Lipinski definition) is 1. The van der Waals surface area contributed by atoms with Crippen molar-refractivity contribution in [2.45, 2.75) is 12.5 Å². The topological polar surface area (TPSA) is 12.0 Å². The third kappa shape index (κ3) is 3.84. The Kier molecular flexibility index (Phi) is 4.83. The molecular formula is C15H13BrF3N. The summed E-state index contributed by atoms with van der Waals surface area (Å²) in [6, 6.07) is 11.8. The van der Waals surface area contributed by atoms with Gasteiger partial charge in [-0.05, 0) is 23.8 Å². The monoisotopic (exact) mass is 343 g/mol. The van der Waals surface area contributed by atoms with Crippen LogP contribution in [0.15, 0.2) is 53.0 Å². The lowest BCUT2D eigenvalue weighted by Gasteiger charge is -2.17. The smallest absolute Gasteiger partial charge is 0.285 e. The first-order valence-electron chi connectivity index (χ1n) is 6.07. The molecule has 0 aliphatic carbocycles. The molecule has 0 aromatic heterocycles. The maximum atomic E-state index is 13.9. The van der Waals surface area contributed by atoms with Crippen LogP contribution in [0.3, 0.4) is 0 Å². The second kappa shape index (κ2) is 6.41. The molecule has 0 amide bonds. The van der Waals surface area contributed by atoms with Gasteiger partial charge in [-0.3, -0.25) is 0 Å². The summed E-state index contributed by atoms with van der Waals surface area (Å²) in [5.41, 5.74) is 0.569. The van der Waals surface area contributed by atoms with Gasteiger partial charge in [0.2, 0.25) is 0 Å². The van der Waals surface area contributed by atoms with Crippen molar-refractivity contribution in [3.63, 3.8) is 0 Å². The molecule has 0 saturated heterocycles. The molecular weight excluding hydrogens is 331 g/mol. The van der Waals surface area contributed by atoms with Crippen molar-refractivity contribution in [1.29, 1.82) is 0 Å². The van der Waals surface area contributed by atoms with Crippen LogP contribution >= 0.6 is 15.9 Å². The van der Waals surface area contributed by atoms with Gasteiger partial charge < -0.3 is 5.32 Å². The van der Waals surface area contributed by atoms with Gasteiger partial charge in [-0.2, -0.15) is 8.78 Å². The zero-order chi connectivity index (χ0) is 14.6. The standard InChI is InChI=1S/C15H13BrF3N/c16-14-7-6-13(17)8-11(14)9-20-10-15(18,19)12-4-2-1-3-5-12/h1-8,20H,9-10H2. The molecule has 20 heavy (non-hydrogen) atoms. The molecule has 0 atom stereocenters. The zero-order valence-corrected chi connectivity index (χ0v) is 12.1. The molecule has 1 nitrogen and oxygen atoms in total. The SMILES string of the molecule is Fc1ccc(Br)c(CNCC(F)(F)c2ccccc2)c1. The van der Waals surface area contributed by atoms with Crippen molar-refractivity contribution in [3.05, 3.63) is 69.9 Å². The Balaban J connectivity index is 1.97. The van der Waals surface area contributed by atoms with Gasteiger partial charge in [-0.15, -0.1) is 0 Å². The van der Waals surface area contributed by atoms with Gasteiger partial charge in [0, 0.05) is 16.6 Å². The van der Waals surface area contributed by atoms with Gasteiger partial charge in [0.05, 0.1) is 6.54 Å². The Bertz CT molecular complexity index is 573. The van der Waals surface area contributed by atoms with E-state index in [9.17, 15) is 13.2 Å². The first kappa shape index (κ1) is 15.1. The van der Waals surface area contributed by atoms with Crippen LogP contribution in [-0.4, -0.2) is 6.54 Å². The Morgan fingerprint density at radius 1 is 1.05 bits per heavy atom. The highest BCUT2D eigenvalue weighted by molar-refractivity contribution is 9.10. The van der Waals surface area contributed by atoms with Gasteiger partial charge in [-0.25, -0.2) is 4.39 Å². The highest BCUT2D eigenvalue weighted by atomic mass is 79.9. The minimum atomic E-state index is -2.96. The third-order valence-corrected chi connectivity index (χ3v) is 3.64. The van der Waals surface area contributed by atoms with Gasteiger partial charge in [0.25, 0.3) is 5.92 Å². The Hall–Kier alpha value is -1.33. The molecule has 2 aromatic carbocycles. The highest BCUT2D eigenvalue weighted by Crippen LogP contribution is 2.27. The quantitative estimate of drug-likeness (QED) is 0.844. The molecule has 5 heteroatoms. The van der Waals surface area contributed by atoms with E-state index in [1.807, 2.05) is 0 Å². The lowest BCUT2D eigenvalue weighted by Crippen LogP contribution is -2.30. The Labute approximate surface area is 123 Å². The number of rotatable bonds is 5. The molecule has 0 bridgehead atoms. The van der Waals surface area contributed by atoms with Gasteiger partial charge in [0.1, 0.15) is 5.82 Å². The summed E-state index contributed by atoms with van der Waals surface area (Å²) >= 11 is 3.26. The first-order chi connectivity index (χ1) is 9.49. The molecule has 106 valence electrons. The fraction of sp³-hybridized carbons (Fsp3) is 0.200. The van der Waals surface area contributed by atoms with Crippen LogP contribution in [0.1, 0.15) is 11.1 Å². The molecule has 0 spiro atoms. The molecule has 2 rings (SSSR count). The van der Waals surface area contributed by atoms with E-state index in [1.54, 1.807) is 24.3 Å². The van der Waals surface area contributed by atoms with Crippen molar-refractivity contribution >= 4 is 15.9 Å². The number of alkyl halides is 2. The summed E-state index contributed by atoms with van der Waals surface area (Å²) in [5.74, 6) is -3.35. The molecule has 0 unspecified atom stereocenters. The van der Waals surface area contributed by atoms with Crippen molar-refractivity contribution in [2.24, 2.45) is 0 Å². The van der Waals surface area contributed by atoms with Crippen LogP contribution in [0.25, 0.3) is 0 Å². The number of hydrogen-bond acceptors (Lipinski definition) is 1. The van der Waals surface area contributed by atoms with Gasteiger partial charge in [0.15, 0.2) is 0 Å².